The first kappa shape index (κ1) is 24.6. The molecule has 1 fully saturated rings. The average Bonchev–Trinajstić information content (AvgIpc) is 3.07. The topological polar surface area (TPSA) is 68.8 Å². The number of nitrogens with one attached hydrogen (secondary N) is 2. The highest BCUT2D eigenvalue weighted by atomic mass is 19.2. The van der Waals surface area contributed by atoms with Crippen molar-refractivity contribution in [2.45, 2.75) is 46.5 Å². The van der Waals surface area contributed by atoms with Crippen LogP contribution in [-0.4, -0.2) is 31.0 Å². The quantitative estimate of drug-likeness (QED) is 0.577. The van der Waals surface area contributed by atoms with Gasteiger partial charge < -0.3 is 14.8 Å². The van der Waals surface area contributed by atoms with Gasteiger partial charge in [-0.3, -0.25) is 9.63 Å². The van der Waals surface area contributed by atoms with Crippen LogP contribution in [0.15, 0.2) is 30.3 Å². The molecule has 0 unspecified atom stereocenters. The Morgan fingerprint density at radius 1 is 1.19 bits per heavy atom. The third-order valence-corrected chi connectivity index (χ3v) is 4.23. The standard InChI is InChI=1S/C20H21F3N2O4.C2H6.2H2/c1-11-4-7-16(15(22)8-11)24-18-13(5-6-14(21)17(18)23)19(26)25-28-10-12-9-27-20(2,3)29-12;1-2;;/h4-8,12,24H,9-10H2,1-3H3,(H,25,26);1-2H3;2*1H/t12-;;;/m1.../s1. The number of rotatable bonds is 6. The summed E-state index contributed by atoms with van der Waals surface area (Å²) in [5.74, 6) is -4.75. The van der Waals surface area contributed by atoms with Crippen molar-refractivity contribution in [1.29, 1.82) is 0 Å². The number of amides is 1. The molecule has 9 heteroatoms. The first-order chi connectivity index (χ1) is 14.7. The Hall–Kier alpha value is -2.62. The zero-order valence-corrected chi connectivity index (χ0v) is 18.1. The lowest BCUT2D eigenvalue weighted by Gasteiger charge is -2.17. The molecule has 31 heavy (non-hydrogen) atoms. The van der Waals surface area contributed by atoms with Gasteiger partial charge in [0.1, 0.15) is 18.5 Å². The van der Waals surface area contributed by atoms with Crippen molar-refractivity contribution in [3.8, 4) is 0 Å². The molecule has 1 atom stereocenters. The average molecular weight is 444 g/mol. The van der Waals surface area contributed by atoms with E-state index in [4.69, 9.17) is 14.3 Å². The van der Waals surface area contributed by atoms with Gasteiger partial charge in [-0.1, -0.05) is 19.9 Å². The molecule has 1 heterocycles. The molecule has 1 saturated heterocycles. The summed E-state index contributed by atoms with van der Waals surface area (Å²) in [4.78, 5) is 17.5. The SMILES string of the molecule is CC.Cc1ccc(Nc2c(C(=O)NOC[C@H]3COC(C)(C)O3)ccc(F)c2F)c(F)c1.[HH].[HH]. The van der Waals surface area contributed by atoms with E-state index in [0.29, 0.717) is 5.56 Å². The first-order valence-corrected chi connectivity index (χ1v) is 9.91. The second kappa shape index (κ2) is 10.6. The molecule has 174 valence electrons. The summed E-state index contributed by atoms with van der Waals surface area (Å²) in [6.45, 7) is 9.46. The molecule has 2 N–H and O–H groups in total. The summed E-state index contributed by atoms with van der Waals surface area (Å²) in [6, 6.07) is 6.07. The maximum absolute atomic E-state index is 14.4. The number of hydrogen-bond acceptors (Lipinski definition) is 5. The van der Waals surface area contributed by atoms with E-state index < -0.39 is 40.9 Å². The van der Waals surface area contributed by atoms with Crippen LogP contribution >= 0.6 is 0 Å². The van der Waals surface area contributed by atoms with Crippen LogP contribution in [-0.2, 0) is 14.3 Å². The van der Waals surface area contributed by atoms with Gasteiger partial charge in [0.05, 0.1) is 23.5 Å². The minimum Gasteiger partial charge on any atom is -0.350 e. The Bertz CT molecular complexity index is 933. The fraction of sp³-hybridized carbons (Fsp3) is 0.409. The lowest BCUT2D eigenvalue weighted by atomic mass is 10.1. The Labute approximate surface area is 182 Å². The van der Waals surface area contributed by atoms with Gasteiger partial charge in [-0.25, -0.2) is 18.7 Å². The van der Waals surface area contributed by atoms with Gasteiger partial charge in [-0.15, -0.1) is 0 Å². The van der Waals surface area contributed by atoms with Gasteiger partial charge in [0.2, 0.25) is 0 Å². The number of hydroxylamine groups is 1. The minimum atomic E-state index is -1.31. The molecule has 6 nitrogen and oxygen atoms in total. The van der Waals surface area contributed by atoms with Crippen molar-refractivity contribution in [3.63, 3.8) is 0 Å². The number of aryl methyl sites for hydroxylation is 1. The zero-order chi connectivity index (χ0) is 23.2. The number of carbonyl (C=O) groups excluding carboxylic acids is 1. The fourth-order valence-corrected chi connectivity index (χ4v) is 2.82. The molecule has 1 aliphatic heterocycles. The number of hydrogen-bond donors (Lipinski definition) is 2. The van der Waals surface area contributed by atoms with Crippen molar-refractivity contribution in [2.75, 3.05) is 18.5 Å². The smallest absolute Gasteiger partial charge is 0.277 e. The van der Waals surface area contributed by atoms with Gasteiger partial charge in [-0.2, -0.15) is 0 Å². The molecule has 3 rings (SSSR count). The van der Waals surface area contributed by atoms with E-state index in [1.807, 2.05) is 13.8 Å². The predicted octanol–water partition coefficient (Wildman–Crippen LogP) is 5.49. The number of benzene rings is 2. The largest absolute Gasteiger partial charge is 0.350 e. The molecule has 1 amide bonds. The van der Waals surface area contributed by atoms with Gasteiger partial charge in [0.25, 0.3) is 5.91 Å². The molecule has 0 saturated carbocycles. The number of anilines is 2. The summed E-state index contributed by atoms with van der Waals surface area (Å²) in [6.07, 6.45) is -0.394. The molecule has 2 aromatic carbocycles. The molecule has 0 radical (unpaired) electrons. The monoisotopic (exact) mass is 444 g/mol. The van der Waals surface area contributed by atoms with Crippen LogP contribution in [0.25, 0.3) is 0 Å². The van der Waals surface area contributed by atoms with Crippen molar-refractivity contribution < 1.29 is 35.1 Å². The lowest BCUT2D eigenvalue weighted by Crippen LogP contribution is -2.31. The summed E-state index contributed by atoms with van der Waals surface area (Å²) >= 11 is 0. The second-order valence-electron chi connectivity index (χ2n) is 7.09. The maximum atomic E-state index is 14.4. The van der Waals surface area contributed by atoms with Crippen LogP contribution in [0.5, 0.6) is 0 Å². The third-order valence-electron chi connectivity index (χ3n) is 4.23. The molecular weight excluding hydrogens is 413 g/mol. The Morgan fingerprint density at radius 3 is 2.52 bits per heavy atom. The molecule has 0 spiro atoms. The number of halogens is 3. The molecule has 2 aromatic rings. The zero-order valence-electron chi connectivity index (χ0n) is 18.1. The van der Waals surface area contributed by atoms with Crippen molar-refractivity contribution in [1.82, 2.24) is 5.48 Å². The summed E-state index contributed by atoms with van der Waals surface area (Å²) in [7, 11) is 0. The van der Waals surface area contributed by atoms with Gasteiger partial charge in [0.15, 0.2) is 17.4 Å². The Balaban J connectivity index is 0.00000249. The van der Waals surface area contributed by atoms with Crippen LogP contribution in [0.4, 0.5) is 24.5 Å². The number of ether oxygens (including phenoxy) is 2. The van der Waals surface area contributed by atoms with Crippen LogP contribution in [0.1, 0.15) is 46.5 Å². The number of carbonyl (C=O) groups is 1. The van der Waals surface area contributed by atoms with E-state index in [1.165, 1.54) is 12.1 Å². The highest BCUT2D eigenvalue weighted by Gasteiger charge is 2.33. The molecule has 1 aliphatic rings. The normalized spacial score (nSPS) is 17.0. The van der Waals surface area contributed by atoms with Crippen LogP contribution in [0, 0.1) is 24.4 Å². The molecule has 0 aromatic heterocycles. The minimum absolute atomic E-state index is 0. The molecule has 0 bridgehead atoms. The van der Waals surface area contributed by atoms with E-state index in [9.17, 15) is 18.0 Å². The van der Waals surface area contributed by atoms with Gasteiger partial charge in [-0.05, 0) is 50.6 Å². The highest BCUT2D eigenvalue weighted by Crippen LogP contribution is 2.28. The van der Waals surface area contributed by atoms with Gasteiger partial charge >= 0.3 is 0 Å². The van der Waals surface area contributed by atoms with Crippen LogP contribution in [0.3, 0.4) is 0 Å². The van der Waals surface area contributed by atoms with Gasteiger partial charge in [0, 0.05) is 2.85 Å². The fourth-order valence-electron chi connectivity index (χ4n) is 2.82. The summed E-state index contributed by atoms with van der Waals surface area (Å²) in [5, 5.41) is 2.45. The van der Waals surface area contributed by atoms with E-state index in [1.54, 1.807) is 26.8 Å². The first-order valence-electron chi connectivity index (χ1n) is 9.91. The third kappa shape index (κ3) is 6.43. The van der Waals surface area contributed by atoms with Crippen molar-refractivity contribution in [3.05, 3.63) is 58.9 Å². The maximum Gasteiger partial charge on any atom is 0.277 e. The molecular formula is C22H31F3N2O4. The second-order valence-corrected chi connectivity index (χ2v) is 7.09. The van der Waals surface area contributed by atoms with E-state index in [2.05, 4.69) is 10.8 Å². The van der Waals surface area contributed by atoms with Crippen molar-refractivity contribution in [2.24, 2.45) is 0 Å². The lowest BCUT2D eigenvalue weighted by molar-refractivity contribution is -0.147. The van der Waals surface area contributed by atoms with Crippen LogP contribution in [0.2, 0.25) is 0 Å². The van der Waals surface area contributed by atoms with Crippen LogP contribution < -0.4 is 10.8 Å². The summed E-state index contributed by atoms with van der Waals surface area (Å²) < 4.78 is 53.1. The van der Waals surface area contributed by atoms with E-state index >= 15 is 0 Å². The highest BCUT2D eigenvalue weighted by molar-refractivity contribution is 6.00. The molecule has 0 aliphatic carbocycles. The Morgan fingerprint density at radius 2 is 1.90 bits per heavy atom. The summed E-state index contributed by atoms with van der Waals surface area (Å²) in [5.41, 5.74) is 1.94. The van der Waals surface area contributed by atoms with E-state index in [-0.39, 0.29) is 27.3 Å². The Kier molecular flexibility index (Phi) is 8.43. The predicted molar refractivity (Wildman–Crippen MR) is 115 cm³/mol. The van der Waals surface area contributed by atoms with Crippen molar-refractivity contribution >= 4 is 17.3 Å². The van der Waals surface area contributed by atoms with E-state index in [0.717, 1.165) is 12.1 Å².